The molecule has 0 fully saturated rings. The second-order valence-electron chi connectivity index (χ2n) is 6.91. The van der Waals surface area contributed by atoms with Crippen molar-refractivity contribution in [3.63, 3.8) is 0 Å². The van der Waals surface area contributed by atoms with E-state index in [4.69, 9.17) is 4.52 Å². The summed E-state index contributed by atoms with van der Waals surface area (Å²) in [4.78, 5) is 4.58. The van der Waals surface area contributed by atoms with Gasteiger partial charge in [-0.1, -0.05) is 41.6 Å². The summed E-state index contributed by atoms with van der Waals surface area (Å²) in [5.41, 5.74) is 7.38. The molecule has 0 aliphatic rings. The maximum atomic E-state index is 5.51. The number of aromatic nitrogens is 4. The van der Waals surface area contributed by atoms with E-state index in [-0.39, 0.29) is 0 Å². The van der Waals surface area contributed by atoms with Gasteiger partial charge in [0.05, 0.1) is 5.69 Å². The van der Waals surface area contributed by atoms with Crippen LogP contribution in [-0.2, 0) is 13.5 Å². The standard InChI is InChI=1S/C23H22N4O/c1-5-9-19-15(2)12-18(13-16(19)3)22-24-23(28-26-22)20-14-21(27(4)25-20)17-10-7-6-8-11-17/h5-8,10-14H,1,9H2,2-4H3. The zero-order valence-corrected chi connectivity index (χ0v) is 16.3. The lowest BCUT2D eigenvalue weighted by Crippen LogP contribution is -1.94. The summed E-state index contributed by atoms with van der Waals surface area (Å²) in [5, 5.41) is 8.72. The second kappa shape index (κ2) is 7.27. The molecule has 0 aliphatic heterocycles. The molecule has 5 nitrogen and oxygen atoms in total. The highest BCUT2D eigenvalue weighted by Gasteiger charge is 2.17. The molecule has 2 aromatic carbocycles. The molecule has 28 heavy (non-hydrogen) atoms. The predicted molar refractivity (Wildman–Crippen MR) is 111 cm³/mol. The fourth-order valence-corrected chi connectivity index (χ4v) is 3.48. The van der Waals surface area contributed by atoms with Crippen LogP contribution in [0, 0.1) is 13.8 Å². The highest BCUT2D eigenvalue weighted by molar-refractivity contribution is 5.66. The van der Waals surface area contributed by atoms with Crippen LogP contribution in [0.4, 0.5) is 0 Å². The van der Waals surface area contributed by atoms with Gasteiger partial charge in [-0.15, -0.1) is 6.58 Å². The summed E-state index contributed by atoms with van der Waals surface area (Å²) >= 11 is 0. The number of aryl methyl sites for hydroxylation is 3. The third kappa shape index (κ3) is 3.27. The topological polar surface area (TPSA) is 56.7 Å². The van der Waals surface area contributed by atoms with Crippen LogP contribution < -0.4 is 0 Å². The van der Waals surface area contributed by atoms with Crippen LogP contribution in [0.2, 0.25) is 0 Å². The Kier molecular flexibility index (Phi) is 4.65. The Labute approximate surface area is 164 Å². The minimum Gasteiger partial charge on any atom is -0.332 e. The first-order valence-corrected chi connectivity index (χ1v) is 9.21. The molecular formula is C23H22N4O. The normalized spacial score (nSPS) is 11.0. The van der Waals surface area contributed by atoms with E-state index in [9.17, 15) is 0 Å². The molecule has 4 rings (SSSR count). The van der Waals surface area contributed by atoms with Crippen LogP contribution in [0.25, 0.3) is 34.2 Å². The summed E-state index contributed by atoms with van der Waals surface area (Å²) < 4.78 is 7.34. The molecule has 2 aromatic heterocycles. The van der Waals surface area contributed by atoms with Crippen LogP contribution in [-0.4, -0.2) is 19.9 Å². The van der Waals surface area contributed by atoms with Crippen molar-refractivity contribution in [3.8, 4) is 34.2 Å². The fraction of sp³-hybridized carbons (Fsp3) is 0.174. The Hall–Kier alpha value is -3.47. The van der Waals surface area contributed by atoms with E-state index in [0.717, 1.165) is 23.2 Å². The summed E-state index contributed by atoms with van der Waals surface area (Å²) in [6, 6.07) is 16.3. The van der Waals surface area contributed by atoms with Crippen LogP contribution in [0.5, 0.6) is 0 Å². The van der Waals surface area contributed by atoms with Gasteiger partial charge >= 0.3 is 0 Å². The van der Waals surface area contributed by atoms with Crippen molar-refractivity contribution < 1.29 is 4.52 Å². The van der Waals surface area contributed by atoms with Crippen molar-refractivity contribution in [1.82, 2.24) is 19.9 Å². The van der Waals surface area contributed by atoms with Crippen molar-refractivity contribution >= 4 is 0 Å². The van der Waals surface area contributed by atoms with Crippen molar-refractivity contribution in [1.29, 1.82) is 0 Å². The van der Waals surface area contributed by atoms with Crippen molar-refractivity contribution in [2.24, 2.45) is 7.05 Å². The SMILES string of the molecule is C=CCc1c(C)cc(-c2noc(-c3cc(-c4ccccc4)n(C)n3)n2)cc1C. The average molecular weight is 370 g/mol. The zero-order valence-electron chi connectivity index (χ0n) is 16.3. The molecule has 5 heteroatoms. The maximum absolute atomic E-state index is 5.51. The predicted octanol–water partition coefficient (Wildman–Crippen LogP) is 5.15. The molecule has 0 spiro atoms. The maximum Gasteiger partial charge on any atom is 0.278 e. The first kappa shape index (κ1) is 17.9. The Morgan fingerprint density at radius 1 is 1.04 bits per heavy atom. The van der Waals surface area contributed by atoms with Gasteiger partial charge < -0.3 is 4.52 Å². The minimum atomic E-state index is 0.415. The number of hydrogen-bond donors (Lipinski definition) is 0. The van der Waals surface area contributed by atoms with Crippen molar-refractivity contribution in [2.45, 2.75) is 20.3 Å². The van der Waals surface area contributed by atoms with Crippen LogP contribution in [0.1, 0.15) is 16.7 Å². The Morgan fingerprint density at radius 2 is 1.75 bits per heavy atom. The monoisotopic (exact) mass is 370 g/mol. The molecule has 140 valence electrons. The number of benzene rings is 2. The molecule has 0 unspecified atom stereocenters. The molecule has 0 bridgehead atoms. The highest BCUT2D eigenvalue weighted by Crippen LogP contribution is 2.28. The highest BCUT2D eigenvalue weighted by atomic mass is 16.5. The Morgan fingerprint density at radius 3 is 2.43 bits per heavy atom. The molecule has 0 saturated carbocycles. The van der Waals surface area contributed by atoms with Crippen LogP contribution >= 0.6 is 0 Å². The lowest BCUT2D eigenvalue weighted by atomic mass is 9.97. The average Bonchev–Trinajstić information content (AvgIpc) is 3.32. The van der Waals surface area contributed by atoms with E-state index >= 15 is 0 Å². The first-order valence-electron chi connectivity index (χ1n) is 9.21. The van der Waals surface area contributed by atoms with Crippen LogP contribution in [0.15, 0.2) is 65.7 Å². The third-order valence-electron chi connectivity index (χ3n) is 4.90. The van der Waals surface area contributed by atoms with Crippen molar-refractivity contribution in [2.75, 3.05) is 0 Å². The lowest BCUT2D eigenvalue weighted by molar-refractivity contribution is 0.430. The van der Waals surface area contributed by atoms with E-state index in [1.165, 1.54) is 16.7 Å². The van der Waals surface area contributed by atoms with Gasteiger partial charge in [0.15, 0.2) is 5.69 Å². The summed E-state index contributed by atoms with van der Waals surface area (Å²) in [6.45, 7) is 8.03. The zero-order chi connectivity index (χ0) is 19.7. The summed E-state index contributed by atoms with van der Waals surface area (Å²) in [6.07, 6.45) is 2.78. The Balaban J connectivity index is 1.68. The van der Waals surface area contributed by atoms with Gasteiger partial charge in [0.2, 0.25) is 5.82 Å². The van der Waals surface area contributed by atoms with E-state index in [1.54, 1.807) is 0 Å². The number of nitrogens with zero attached hydrogens (tertiary/aromatic N) is 4. The fourth-order valence-electron chi connectivity index (χ4n) is 3.48. The van der Waals surface area contributed by atoms with Gasteiger partial charge in [0, 0.05) is 12.6 Å². The number of rotatable bonds is 5. The lowest BCUT2D eigenvalue weighted by Gasteiger charge is -2.09. The quantitative estimate of drug-likeness (QED) is 0.456. The second-order valence-corrected chi connectivity index (χ2v) is 6.91. The molecular weight excluding hydrogens is 348 g/mol. The largest absolute Gasteiger partial charge is 0.332 e. The Bertz CT molecular complexity index is 1120. The van der Waals surface area contributed by atoms with Gasteiger partial charge in [-0.05, 0) is 60.7 Å². The van der Waals surface area contributed by atoms with Gasteiger partial charge in [-0.2, -0.15) is 10.1 Å². The molecule has 0 amide bonds. The third-order valence-corrected chi connectivity index (χ3v) is 4.90. The minimum absolute atomic E-state index is 0.415. The van der Waals surface area contributed by atoms with E-state index in [0.29, 0.717) is 17.4 Å². The number of allylic oxidation sites excluding steroid dienone is 1. The molecule has 0 radical (unpaired) electrons. The van der Waals surface area contributed by atoms with E-state index in [1.807, 2.05) is 42.1 Å². The molecule has 0 saturated heterocycles. The smallest absolute Gasteiger partial charge is 0.278 e. The van der Waals surface area contributed by atoms with Gasteiger partial charge in [-0.25, -0.2) is 0 Å². The number of hydrogen-bond acceptors (Lipinski definition) is 4. The van der Waals surface area contributed by atoms with Gasteiger partial charge in [-0.3, -0.25) is 4.68 Å². The molecule has 2 heterocycles. The molecule has 0 aliphatic carbocycles. The van der Waals surface area contributed by atoms with Crippen molar-refractivity contribution in [3.05, 3.63) is 77.9 Å². The first-order chi connectivity index (χ1) is 13.6. The van der Waals surface area contributed by atoms with Gasteiger partial charge in [0.25, 0.3) is 5.89 Å². The van der Waals surface area contributed by atoms with Crippen LogP contribution in [0.3, 0.4) is 0 Å². The summed E-state index contributed by atoms with van der Waals surface area (Å²) in [5.74, 6) is 0.983. The van der Waals surface area contributed by atoms with Gasteiger partial charge in [0.1, 0.15) is 0 Å². The van der Waals surface area contributed by atoms with E-state index in [2.05, 4.69) is 59.9 Å². The molecule has 4 aromatic rings. The molecule has 0 atom stereocenters. The summed E-state index contributed by atoms with van der Waals surface area (Å²) in [7, 11) is 1.91. The van der Waals surface area contributed by atoms with E-state index < -0.39 is 0 Å². The molecule has 0 N–H and O–H groups in total.